The van der Waals surface area contributed by atoms with Gasteiger partial charge < -0.3 is 4.74 Å². The van der Waals surface area contributed by atoms with Crippen molar-refractivity contribution >= 4 is 22.5 Å². The van der Waals surface area contributed by atoms with Crippen LogP contribution in [0.25, 0.3) is 10.9 Å². The van der Waals surface area contributed by atoms with E-state index in [1.54, 1.807) is 11.8 Å². The molecule has 0 fully saturated rings. The Kier molecular flexibility index (Phi) is 2.11. The summed E-state index contributed by atoms with van der Waals surface area (Å²) in [6.45, 7) is 1.94. The molecule has 1 aromatic carbocycles. The van der Waals surface area contributed by atoms with Gasteiger partial charge in [-0.05, 0) is 6.92 Å². The van der Waals surface area contributed by atoms with Crippen LogP contribution in [0.4, 0.5) is 0 Å². The van der Waals surface area contributed by atoms with Crippen molar-refractivity contribution in [2.24, 2.45) is 7.05 Å². The zero-order valence-corrected chi connectivity index (χ0v) is 9.09. The Hall–Kier alpha value is -1.22. The van der Waals surface area contributed by atoms with Crippen molar-refractivity contribution in [1.29, 1.82) is 0 Å². The molecular formula is C10H11ClN2O. The fourth-order valence-corrected chi connectivity index (χ4v) is 1.77. The summed E-state index contributed by atoms with van der Waals surface area (Å²) in [4.78, 5) is 0. The highest BCUT2D eigenvalue weighted by Gasteiger charge is 2.10. The predicted octanol–water partition coefficient (Wildman–Crippen LogP) is 2.54. The van der Waals surface area contributed by atoms with Crippen molar-refractivity contribution in [2.75, 3.05) is 7.11 Å². The van der Waals surface area contributed by atoms with Gasteiger partial charge in [0.25, 0.3) is 0 Å². The zero-order valence-electron chi connectivity index (χ0n) is 8.34. The molecule has 0 saturated carbocycles. The molecule has 2 rings (SSSR count). The van der Waals surface area contributed by atoms with E-state index < -0.39 is 0 Å². The number of aromatic nitrogens is 2. The summed E-state index contributed by atoms with van der Waals surface area (Å²) in [6.07, 6.45) is 1.91. The Morgan fingerprint density at radius 2 is 2.21 bits per heavy atom. The van der Waals surface area contributed by atoms with Gasteiger partial charge in [-0.15, -0.1) is 0 Å². The van der Waals surface area contributed by atoms with Crippen molar-refractivity contribution in [1.82, 2.24) is 9.78 Å². The van der Waals surface area contributed by atoms with E-state index in [1.807, 2.05) is 26.2 Å². The molecule has 0 aliphatic carbocycles. The van der Waals surface area contributed by atoms with Crippen molar-refractivity contribution in [3.8, 4) is 5.75 Å². The van der Waals surface area contributed by atoms with E-state index in [0.29, 0.717) is 5.02 Å². The number of rotatable bonds is 1. The number of nitrogens with zero attached hydrogens (tertiary/aromatic N) is 2. The molecule has 0 N–H and O–H groups in total. The molecule has 0 spiro atoms. The summed E-state index contributed by atoms with van der Waals surface area (Å²) >= 11 is 6.19. The van der Waals surface area contributed by atoms with Crippen LogP contribution in [0.15, 0.2) is 12.3 Å². The van der Waals surface area contributed by atoms with Crippen LogP contribution in [0, 0.1) is 6.92 Å². The van der Waals surface area contributed by atoms with Crippen LogP contribution in [-0.4, -0.2) is 16.9 Å². The summed E-state index contributed by atoms with van der Waals surface area (Å²) in [5.41, 5.74) is 1.81. The van der Waals surface area contributed by atoms with Crippen LogP contribution in [0.2, 0.25) is 5.02 Å². The maximum atomic E-state index is 6.19. The van der Waals surface area contributed by atoms with Crippen LogP contribution in [-0.2, 0) is 7.05 Å². The molecule has 1 aromatic heterocycles. The van der Waals surface area contributed by atoms with Crippen LogP contribution in [0.1, 0.15) is 5.56 Å². The van der Waals surface area contributed by atoms with Crippen molar-refractivity contribution in [3.05, 3.63) is 22.8 Å². The van der Waals surface area contributed by atoms with Gasteiger partial charge in [0, 0.05) is 30.3 Å². The van der Waals surface area contributed by atoms with Gasteiger partial charge in [0.1, 0.15) is 5.75 Å². The highest BCUT2D eigenvalue weighted by Crippen LogP contribution is 2.33. The van der Waals surface area contributed by atoms with E-state index in [-0.39, 0.29) is 0 Å². The lowest BCUT2D eigenvalue weighted by molar-refractivity contribution is 0.412. The van der Waals surface area contributed by atoms with Crippen LogP contribution in [0.3, 0.4) is 0 Å². The maximum absolute atomic E-state index is 6.19. The lowest BCUT2D eigenvalue weighted by Crippen LogP contribution is -1.88. The lowest BCUT2D eigenvalue weighted by Gasteiger charge is -2.05. The molecule has 0 aliphatic heterocycles. The molecule has 0 atom stereocenters. The third-order valence-corrected chi connectivity index (χ3v) is 2.77. The van der Waals surface area contributed by atoms with Gasteiger partial charge in [0.2, 0.25) is 0 Å². The quantitative estimate of drug-likeness (QED) is 0.723. The molecule has 0 radical (unpaired) electrons. The van der Waals surface area contributed by atoms with E-state index in [0.717, 1.165) is 22.2 Å². The molecule has 0 unspecified atom stereocenters. The Labute approximate surface area is 87.2 Å². The second-order valence-corrected chi connectivity index (χ2v) is 3.63. The van der Waals surface area contributed by atoms with Gasteiger partial charge in [-0.1, -0.05) is 11.6 Å². The Morgan fingerprint density at radius 3 is 2.86 bits per heavy atom. The first kappa shape index (κ1) is 9.34. The number of aryl methyl sites for hydroxylation is 1. The van der Waals surface area contributed by atoms with Gasteiger partial charge in [0.15, 0.2) is 0 Å². The average Bonchev–Trinajstić information content (AvgIpc) is 2.52. The van der Waals surface area contributed by atoms with E-state index in [1.165, 1.54) is 0 Å². The number of benzene rings is 1. The predicted molar refractivity (Wildman–Crippen MR) is 57.0 cm³/mol. The largest absolute Gasteiger partial charge is 0.496 e. The summed E-state index contributed by atoms with van der Waals surface area (Å²) in [6, 6.07) is 1.90. The Bertz CT molecular complexity index is 490. The maximum Gasteiger partial charge on any atom is 0.125 e. The molecule has 1 heterocycles. The van der Waals surface area contributed by atoms with Crippen molar-refractivity contribution < 1.29 is 4.74 Å². The van der Waals surface area contributed by atoms with Gasteiger partial charge in [-0.3, -0.25) is 4.68 Å². The van der Waals surface area contributed by atoms with Crippen LogP contribution >= 0.6 is 11.6 Å². The number of methoxy groups -OCH3 is 1. The fraction of sp³-hybridized carbons (Fsp3) is 0.300. The molecule has 2 aromatic rings. The summed E-state index contributed by atoms with van der Waals surface area (Å²) < 4.78 is 6.95. The van der Waals surface area contributed by atoms with E-state index in [4.69, 9.17) is 16.3 Å². The molecule has 4 heteroatoms. The first-order chi connectivity index (χ1) is 6.63. The van der Waals surface area contributed by atoms with Crippen molar-refractivity contribution in [3.63, 3.8) is 0 Å². The molecule has 0 saturated heterocycles. The molecule has 0 bridgehead atoms. The van der Waals surface area contributed by atoms with E-state index >= 15 is 0 Å². The number of ether oxygens (including phenoxy) is 1. The fourth-order valence-electron chi connectivity index (χ4n) is 1.54. The summed E-state index contributed by atoms with van der Waals surface area (Å²) in [5, 5.41) is 5.96. The first-order valence-corrected chi connectivity index (χ1v) is 4.67. The Morgan fingerprint density at radius 1 is 1.50 bits per heavy atom. The molecule has 0 amide bonds. The van der Waals surface area contributed by atoms with Gasteiger partial charge >= 0.3 is 0 Å². The van der Waals surface area contributed by atoms with Crippen LogP contribution < -0.4 is 4.74 Å². The minimum Gasteiger partial charge on any atom is -0.496 e. The average molecular weight is 211 g/mol. The second-order valence-electron chi connectivity index (χ2n) is 3.25. The highest BCUT2D eigenvalue weighted by molar-refractivity contribution is 6.36. The molecule has 3 nitrogen and oxygen atoms in total. The lowest BCUT2D eigenvalue weighted by atomic mass is 10.1. The SMILES string of the molecule is COc1cc2nn(C)cc2c(Cl)c1C. The number of hydrogen-bond donors (Lipinski definition) is 0. The minimum absolute atomic E-state index is 0.715. The molecule has 14 heavy (non-hydrogen) atoms. The van der Waals surface area contributed by atoms with Gasteiger partial charge in [0.05, 0.1) is 17.6 Å². The minimum atomic E-state index is 0.715. The van der Waals surface area contributed by atoms with Crippen molar-refractivity contribution in [2.45, 2.75) is 6.92 Å². The van der Waals surface area contributed by atoms with Crippen LogP contribution in [0.5, 0.6) is 5.75 Å². The van der Waals surface area contributed by atoms with Gasteiger partial charge in [-0.25, -0.2) is 0 Å². The Balaban J connectivity index is 2.84. The highest BCUT2D eigenvalue weighted by atomic mass is 35.5. The number of fused-ring (bicyclic) bond motifs is 1. The first-order valence-electron chi connectivity index (χ1n) is 4.30. The zero-order chi connectivity index (χ0) is 10.3. The third-order valence-electron chi connectivity index (χ3n) is 2.28. The monoisotopic (exact) mass is 210 g/mol. The normalized spacial score (nSPS) is 10.9. The van der Waals surface area contributed by atoms with E-state index in [9.17, 15) is 0 Å². The molecular weight excluding hydrogens is 200 g/mol. The topological polar surface area (TPSA) is 27.1 Å². The number of halogens is 1. The standard InChI is InChI=1S/C10H11ClN2O/c1-6-9(14-3)4-8-7(10(6)11)5-13(2)12-8/h4-5H,1-3H3. The third kappa shape index (κ3) is 1.24. The summed E-state index contributed by atoms with van der Waals surface area (Å²) in [5.74, 6) is 0.779. The van der Waals surface area contributed by atoms with E-state index in [2.05, 4.69) is 5.10 Å². The molecule has 74 valence electrons. The van der Waals surface area contributed by atoms with Gasteiger partial charge in [-0.2, -0.15) is 5.10 Å². The summed E-state index contributed by atoms with van der Waals surface area (Å²) in [7, 11) is 3.51. The second kappa shape index (κ2) is 3.17. The number of hydrogen-bond acceptors (Lipinski definition) is 2. The molecule has 0 aliphatic rings. The smallest absolute Gasteiger partial charge is 0.125 e.